The maximum atomic E-state index is 6.23. The molecule has 0 aliphatic heterocycles. The Morgan fingerprint density at radius 2 is 1.81 bits per heavy atom. The van der Waals surface area contributed by atoms with Crippen LogP contribution in [0.1, 0.15) is 21.4 Å². The summed E-state index contributed by atoms with van der Waals surface area (Å²) in [5.74, 6) is 0. The molecule has 0 saturated carbocycles. The predicted molar refractivity (Wildman–Crippen MR) is 93.8 cm³/mol. The Morgan fingerprint density at radius 3 is 2.48 bits per heavy atom. The molecule has 1 aromatic carbocycles. The molecule has 1 atom stereocenters. The second-order valence-corrected chi connectivity index (χ2v) is 7.70. The number of benzene rings is 1. The molecule has 3 aromatic rings. The quantitative estimate of drug-likeness (QED) is 0.593. The smallest absolute Gasteiger partial charge is 0.0931 e. The third-order valence-corrected chi connectivity index (χ3v) is 5.76. The topological polar surface area (TPSA) is 12.0 Å². The number of halogens is 2. The van der Waals surface area contributed by atoms with Crippen molar-refractivity contribution in [1.82, 2.24) is 5.32 Å². The van der Waals surface area contributed by atoms with Crippen molar-refractivity contribution in [2.24, 2.45) is 0 Å². The fraction of sp³-hybridized carbons (Fsp3) is 0.125. The van der Waals surface area contributed by atoms with Gasteiger partial charge in [-0.2, -0.15) is 0 Å². The van der Waals surface area contributed by atoms with E-state index in [2.05, 4.69) is 28.9 Å². The summed E-state index contributed by atoms with van der Waals surface area (Å²) in [6.45, 7) is 0.720. The third-order valence-electron chi connectivity index (χ3n) is 3.16. The number of thiophene rings is 2. The van der Waals surface area contributed by atoms with Gasteiger partial charge in [-0.05, 0) is 35.2 Å². The molecular weight excluding hydrogens is 341 g/mol. The van der Waals surface area contributed by atoms with Gasteiger partial charge in [0.1, 0.15) is 0 Å². The van der Waals surface area contributed by atoms with Gasteiger partial charge in [0, 0.05) is 21.3 Å². The molecule has 0 amide bonds. The minimum Gasteiger partial charge on any atom is -0.301 e. The van der Waals surface area contributed by atoms with E-state index in [1.165, 1.54) is 9.75 Å². The van der Waals surface area contributed by atoms with Gasteiger partial charge in [0.15, 0.2) is 0 Å². The summed E-state index contributed by atoms with van der Waals surface area (Å²) in [6.07, 6.45) is 0. The molecule has 1 N–H and O–H groups in total. The molecule has 1 unspecified atom stereocenters. The molecule has 1 nitrogen and oxygen atoms in total. The van der Waals surface area contributed by atoms with Gasteiger partial charge in [-0.15, -0.1) is 22.7 Å². The van der Waals surface area contributed by atoms with Crippen LogP contribution in [0.25, 0.3) is 0 Å². The molecule has 0 aliphatic carbocycles. The van der Waals surface area contributed by atoms with E-state index in [1.54, 1.807) is 22.7 Å². The maximum Gasteiger partial charge on any atom is 0.0931 e. The summed E-state index contributed by atoms with van der Waals surface area (Å²) in [4.78, 5) is 2.50. The molecule has 0 radical (unpaired) electrons. The van der Waals surface area contributed by atoms with E-state index >= 15 is 0 Å². The van der Waals surface area contributed by atoms with Crippen LogP contribution in [0.5, 0.6) is 0 Å². The zero-order chi connectivity index (χ0) is 14.7. The highest BCUT2D eigenvalue weighted by atomic mass is 35.5. The average Bonchev–Trinajstić information content (AvgIpc) is 3.13. The van der Waals surface area contributed by atoms with Crippen molar-refractivity contribution in [1.29, 1.82) is 0 Å². The molecule has 21 heavy (non-hydrogen) atoms. The van der Waals surface area contributed by atoms with Crippen LogP contribution in [-0.4, -0.2) is 0 Å². The molecule has 0 fully saturated rings. The van der Waals surface area contributed by atoms with E-state index in [0.717, 1.165) is 21.5 Å². The molecule has 2 aromatic heterocycles. The predicted octanol–water partition coefficient (Wildman–Crippen LogP) is 6.00. The lowest BCUT2D eigenvalue weighted by Gasteiger charge is -2.16. The summed E-state index contributed by atoms with van der Waals surface area (Å²) in [7, 11) is 0. The zero-order valence-corrected chi connectivity index (χ0v) is 14.2. The largest absolute Gasteiger partial charge is 0.301 e. The van der Waals surface area contributed by atoms with Crippen LogP contribution < -0.4 is 5.32 Å². The molecule has 5 heteroatoms. The second-order valence-electron chi connectivity index (χ2n) is 4.56. The van der Waals surface area contributed by atoms with Crippen LogP contribution >= 0.6 is 45.9 Å². The van der Waals surface area contributed by atoms with Crippen LogP contribution in [0.3, 0.4) is 0 Å². The van der Waals surface area contributed by atoms with Crippen LogP contribution in [0, 0.1) is 0 Å². The SMILES string of the molecule is Clc1ccc(C(NCc2ccccc2Cl)c2cccs2)s1. The Balaban J connectivity index is 1.82. The van der Waals surface area contributed by atoms with E-state index in [0.29, 0.717) is 0 Å². The van der Waals surface area contributed by atoms with E-state index in [1.807, 2.05) is 30.3 Å². The third kappa shape index (κ3) is 3.68. The highest BCUT2D eigenvalue weighted by Gasteiger charge is 2.17. The minimum absolute atomic E-state index is 0.152. The Morgan fingerprint density at radius 1 is 0.952 bits per heavy atom. The first-order valence-corrected chi connectivity index (χ1v) is 8.94. The lowest BCUT2D eigenvalue weighted by Crippen LogP contribution is -2.20. The van der Waals surface area contributed by atoms with Gasteiger partial charge in [-0.3, -0.25) is 0 Å². The molecule has 108 valence electrons. The van der Waals surface area contributed by atoms with Crippen LogP contribution in [0.2, 0.25) is 9.36 Å². The lowest BCUT2D eigenvalue weighted by atomic mass is 10.1. The van der Waals surface area contributed by atoms with Gasteiger partial charge in [-0.25, -0.2) is 0 Å². The monoisotopic (exact) mass is 353 g/mol. The van der Waals surface area contributed by atoms with E-state index in [9.17, 15) is 0 Å². The van der Waals surface area contributed by atoms with Gasteiger partial charge in [0.25, 0.3) is 0 Å². The fourth-order valence-electron chi connectivity index (χ4n) is 2.13. The van der Waals surface area contributed by atoms with Crippen molar-refractivity contribution in [2.45, 2.75) is 12.6 Å². The van der Waals surface area contributed by atoms with Crippen molar-refractivity contribution < 1.29 is 0 Å². The Kier molecular flexibility index (Phi) is 4.99. The second kappa shape index (κ2) is 6.95. The Bertz CT molecular complexity index is 707. The van der Waals surface area contributed by atoms with Crippen molar-refractivity contribution in [3.8, 4) is 0 Å². The first kappa shape index (κ1) is 15.1. The van der Waals surface area contributed by atoms with E-state index in [-0.39, 0.29) is 6.04 Å². The van der Waals surface area contributed by atoms with Crippen molar-refractivity contribution in [3.63, 3.8) is 0 Å². The first-order valence-electron chi connectivity index (χ1n) is 6.49. The van der Waals surface area contributed by atoms with E-state index < -0.39 is 0 Å². The molecule has 0 spiro atoms. The number of nitrogens with one attached hydrogen (secondary N) is 1. The average molecular weight is 354 g/mol. The number of hydrogen-bond acceptors (Lipinski definition) is 3. The van der Waals surface area contributed by atoms with Gasteiger partial charge in [0.2, 0.25) is 0 Å². The normalized spacial score (nSPS) is 12.5. The Labute approximate surface area is 142 Å². The summed E-state index contributed by atoms with van der Waals surface area (Å²) in [5, 5.41) is 6.47. The summed E-state index contributed by atoms with van der Waals surface area (Å²) in [6, 6.07) is 16.3. The van der Waals surface area contributed by atoms with Gasteiger partial charge >= 0.3 is 0 Å². The summed E-state index contributed by atoms with van der Waals surface area (Å²) >= 11 is 15.7. The molecule has 3 rings (SSSR count). The van der Waals surface area contributed by atoms with Crippen LogP contribution in [-0.2, 0) is 6.54 Å². The van der Waals surface area contributed by atoms with Crippen molar-refractivity contribution in [3.05, 3.63) is 78.6 Å². The summed E-state index contributed by atoms with van der Waals surface area (Å²) < 4.78 is 0.811. The van der Waals surface area contributed by atoms with Crippen LogP contribution in [0.15, 0.2) is 53.9 Å². The maximum absolute atomic E-state index is 6.23. The lowest BCUT2D eigenvalue weighted by molar-refractivity contribution is 0.621. The van der Waals surface area contributed by atoms with Gasteiger partial charge in [-0.1, -0.05) is 47.5 Å². The Hall–Kier alpha value is -0.840. The molecule has 2 heterocycles. The summed E-state index contributed by atoms with van der Waals surface area (Å²) in [5.41, 5.74) is 1.10. The molecule has 0 bridgehead atoms. The highest BCUT2D eigenvalue weighted by molar-refractivity contribution is 7.16. The van der Waals surface area contributed by atoms with Gasteiger partial charge in [0.05, 0.1) is 10.4 Å². The number of rotatable bonds is 5. The standard InChI is InChI=1S/C16H13Cl2NS2/c17-12-5-2-1-4-11(12)10-19-16(13-6-3-9-20-13)14-7-8-15(18)21-14/h1-9,16,19H,10H2. The first-order chi connectivity index (χ1) is 10.2. The van der Waals surface area contributed by atoms with Crippen LogP contribution in [0.4, 0.5) is 0 Å². The molecular formula is C16H13Cl2NS2. The van der Waals surface area contributed by atoms with E-state index in [4.69, 9.17) is 23.2 Å². The van der Waals surface area contributed by atoms with Gasteiger partial charge < -0.3 is 5.32 Å². The number of hydrogen-bond donors (Lipinski definition) is 1. The van der Waals surface area contributed by atoms with Crippen molar-refractivity contribution >= 4 is 45.9 Å². The molecule has 0 aliphatic rings. The minimum atomic E-state index is 0.152. The van der Waals surface area contributed by atoms with Crippen molar-refractivity contribution in [2.75, 3.05) is 0 Å². The highest BCUT2D eigenvalue weighted by Crippen LogP contribution is 2.33. The molecule has 0 saturated heterocycles. The zero-order valence-electron chi connectivity index (χ0n) is 11.1. The fourth-order valence-corrected chi connectivity index (χ4v) is 4.38.